The molecule has 0 aliphatic rings. The van der Waals surface area contributed by atoms with E-state index in [1.807, 2.05) is 6.92 Å². The molecule has 0 radical (unpaired) electrons. The lowest BCUT2D eigenvalue weighted by molar-refractivity contribution is -0.147. The van der Waals surface area contributed by atoms with E-state index in [9.17, 15) is 4.79 Å². The molecule has 1 N–H and O–H groups in total. The Kier molecular flexibility index (Phi) is 3.93. The van der Waals surface area contributed by atoms with Gasteiger partial charge in [0.25, 0.3) is 0 Å². The molecule has 0 saturated heterocycles. The van der Waals surface area contributed by atoms with Gasteiger partial charge in [-0.1, -0.05) is 6.92 Å². The summed E-state index contributed by atoms with van der Waals surface area (Å²) in [6, 6.07) is 0. The Labute approximate surface area is 73.4 Å². The van der Waals surface area contributed by atoms with Crippen molar-refractivity contribution < 1.29 is 9.90 Å². The quantitative estimate of drug-likeness (QED) is 0.643. The van der Waals surface area contributed by atoms with E-state index in [2.05, 4.69) is 12.6 Å². The highest BCUT2D eigenvalue weighted by Crippen LogP contribution is 2.25. The molecule has 0 amide bonds. The minimum atomic E-state index is -0.730. The lowest BCUT2D eigenvalue weighted by Gasteiger charge is -2.22. The van der Waals surface area contributed by atoms with Gasteiger partial charge in [-0.05, 0) is 31.9 Å². The second-order valence-electron chi connectivity index (χ2n) is 3.68. The molecule has 0 aliphatic carbocycles. The van der Waals surface area contributed by atoms with Gasteiger partial charge >= 0.3 is 5.97 Å². The summed E-state index contributed by atoms with van der Waals surface area (Å²) in [5.74, 6) is 0.382. The van der Waals surface area contributed by atoms with Crippen LogP contribution in [0.2, 0.25) is 0 Å². The average molecular weight is 176 g/mol. The van der Waals surface area contributed by atoms with Crippen molar-refractivity contribution in [1.29, 1.82) is 0 Å². The summed E-state index contributed by atoms with van der Waals surface area (Å²) >= 11 is 4.10. The zero-order valence-electron chi connectivity index (χ0n) is 7.29. The molecule has 0 fully saturated rings. The van der Waals surface area contributed by atoms with Crippen LogP contribution in [0.5, 0.6) is 0 Å². The molecule has 0 bridgehead atoms. The molecule has 2 nitrogen and oxygen atoms in total. The maximum atomic E-state index is 10.6. The van der Waals surface area contributed by atoms with Crippen LogP contribution < -0.4 is 0 Å². The first-order valence-electron chi connectivity index (χ1n) is 3.74. The molecule has 0 aromatic rings. The fourth-order valence-electron chi connectivity index (χ4n) is 1.02. The van der Waals surface area contributed by atoms with Crippen molar-refractivity contribution in [3.63, 3.8) is 0 Å². The first-order valence-corrected chi connectivity index (χ1v) is 4.37. The average Bonchev–Trinajstić information content (AvgIpc) is 1.86. The third-order valence-electron chi connectivity index (χ3n) is 1.75. The van der Waals surface area contributed by atoms with Crippen molar-refractivity contribution >= 4 is 18.6 Å². The highest BCUT2D eigenvalue weighted by Gasteiger charge is 2.28. The third kappa shape index (κ3) is 3.65. The van der Waals surface area contributed by atoms with E-state index in [0.29, 0.717) is 12.3 Å². The van der Waals surface area contributed by atoms with E-state index < -0.39 is 11.4 Å². The Morgan fingerprint density at radius 1 is 1.64 bits per heavy atom. The minimum Gasteiger partial charge on any atom is -0.481 e. The van der Waals surface area contributed by atoms with E-state index in [1.54, 1.807) is 13.8 Å². The van der Waals surface area contributed by atoms with Crippen LogP contribution in [0.3, 0.4) is 0 Å². The SMILES string of the molecule is CC(CS)CC(C)(C)C(=O)O. The number of rotatable bonds is 4. The van der Waals surface area contributed by atoms with E-state index in [1.165, 1.54) is 0 Å². The number of carboxylic acid groups (broad SMARTS) is 1. The molecule has 0 heterocycles. The molecule has 1 atom stereocenters. The molecule has 1 unspecified atom stereocenters. The van der Waals surface area contributed by atoms with Crippen molar-refractivity contribution in [2.24, 2.45) is 11.3 Å². The van der Waals surface area contributed by atoms with Gasteiger partial charge in [0.2, 0.25) is 0 Å². The van der Waals surface area contributed by atoms with Gasteiger partial charge in [0.05, 0.1) is 5.41 Å². The van der Waals surface area contributed by atoms with Crippen LogP contribution in [-0.4, -0.2) is 16.8 Å². The van der Waals surface area contributed by atoms with Crippen LogP contribution in [0.15, 0.2) is 0 Å². The number of hydrogen-bond acceptors (Lipinski definition) is 2. The number of hydrogen-bond donors (Lipinski definition) is 2. The Bertz CT molecular complexity index is 143. The summed E-state index contributed by atoms with van der Waals surface area (Å²) < 4.78 is 0. The number of aliphatic carboxylic acids is 1. The van der Waals surface area contributed by atoms with Crippen molar-refractivity contribution in [1.82, 2.24) is 0 Å². The normalized spacial score (nSPS) is 14.5. The molecule has 11 heavy (non-hydrogen) atoms. The Morgan fingerprint density at radius 2 is 2.09 bits per heavy atom. The number of thiol groups is 1. The maximum absolute atomic E-state index is 10.6. The van der Waals surface area contributed by atoms with Gasteiger partial charge in [0.15, 0.2) is 0 Å². The fraction of sp³-hybridized carbons (Fsp3) is 0.875. The predicted octanol–water partition coefficient (Wildman–Crippen LogP) is 2.05. The number of carboxylic acids is 1. The third-order valence-corrected chi connectivity index (χ3v) is 2.37. The van der Waals surface area contributed by atoms with E-state index in [0.717, 1.165) is 5.75 Å². The lowest BCUT2D eigenvalue weighted by Crippen LogP contribution is -2.26. The maximum Gasteiger partial charge on any atom is 0.309 e. The van der Waals surface area contributed by atoms with E-state index >= 15 is 0 Å². The highest BCUT2D eigenvalue weighted by molar-refractivity contribution is 7.80. The summed E-state index contributed by atoms with van der Waals surface area (Å²) in [4.78, 5) is 10.6. The molecule has 0 aromatic heterocycles. The van der Waals surface area contributed by atoms with Gasteiger partial charge in [-0.2, -0.15) is 12.6 Å². The molecule has 66 valence electrons. The van der Waals surface area contributed by atoms with Gasteiger partial charge in [0.1, 0.15) is 0 Å². The van der Waals surface area contributed by atoms with Gasteiger partial charge < -0.3 is 5.11 Å². The summed E-state index contributed by atoms with van der Waals surface area (Å²) in [6.07, 6.45) is 0.686. The molecule has 0 aliphatic heterocycles. The largest absolute Gasteiger partial charge is 0.481 e. The van der Waals surface area contributed by atoms with Gasteiger partial charge in [-0.15, -0.1) is 0 Å². The first kappa shape index (κ1) is 10.8. The molecule has 0 aromatic carbocycles. The molecule has 0 rings (SSSR count). The van der Waals surface area contributed by atoms with Crippen LogP contribution in [0.25, 0.3) is 0 Å². The molecule has 3 heteroatoms. The molecule has 0 spiro atoms. The van der Waals surface area contributed by atoms with Gasteiger partial charge in [-0.3, -0.25) is 4.79 Å². The van der Waals surface area contributed by atoms with Crippen LogP contribution in [0.1, 0.15) is 27.2 Å². The Balaban J connectivity index is 4.01. The second kappa shape index (κ2) is 4.00. The predicted molar refractivity (Wildman–Crippen MR) is 49.1 cm³/mol. The first-order chi connectivity index (χ1) is 4.90. The van der Waals surface area contributed by atoms with Gasteiger partial charge in [-0.25, -0.2) is 0 Å². The summed E-state index contributed by atoms with van der Waals surface area (Å²) in [6.45, 7) is 5.50. The van der Waals surface area contributed by atoms with Crippen molar-refractivity contribution in [3.8, 4) is 0 Å². The molecular formula is C8H16O2S. The number of carbonyl (C=O) groups is 1. The lowest BCUT2D eigenvalue weighted by atomic mass is 9.84. The van der Waals surface area contributed by atoms with Crippen LogP contribution in [0.4, 0.5) is 0 Å². The van der Waals surface area contributed by atoms with Crippen molar-refractivity contribution in [3.05, 3.63) is 0 Å². The summed E-state index contributed by atoms with van der Waals surface area (Å²) in [7, 11) is 0. The standard InChI is InChI=1S/C8H16O2S/c1-6(5-11)4-8(2,3)7(9)10/h6,11H,4-5H2,1-3H3,(H,9,10). The summed E-state index contributed by atoms with van der Waals surface area (Å²) in [5, 5.41) is 8.76. The summed E-state index contributed by atoms with van der Waals surface area (Å²) in [5.41, 5.74) is -0.609. The van der Waals surface area contributed by atoms with Crippen molar-refractivity contribution in [2.45, 2.75) is 27.2 Å². The van der Waals surface area contributed by atoms with Crippen molar-refractivity contribution in [2.75, 3.05) is 5.75 Å². The van der Waals surface area contributed by atoms with E-state index in [4.69, 9.17) is 5.11 Å². The van der Waals surface area contributed by atoms with E-state index in [-0.39, 0.29) is 0 Å². The zero-order chi connectivity index (χ0) is 9.07. The molecular weight excluding hydrogens is 160 g/mol. The highest BCUT2D eigenvalue weighted by atomic mass is 32.1. The Hall–Kier alpha value is -0.180. The Morgan fingerprint density at radius 3 is 2.36 bits per heavy atom. The second-order valence-corrected chi connectivity index (χ2v) is 4.05. The molecule has 0 saturated carbocycles. The monoisotopic (exact) mass is 176 g/mol. The fourth-order valence-corrected chi connectivity index (χ4v) is 1.15. The van der Waals surface area contributed by atoms with Gasteiger partial charge in [0, 0.05) is 0 Å². The topological polar surface area (TPSA) is 37.3 Å². The minimum absolute atomic E-state index is 0.365. The zero-order valence-corrected chi connectivity index (χ0v) is 8.19. The van der Waals surface area contributed by atoms with Crippen LogP contribution in [-0.2, 0) is 4.79 Å². The van der Waals surface area contributed by atoms with Crippen LogP contribution in [0, 0.1) is 11.3 Å². The van der Waals surface area contributed by atoms with Crippen LogP contribution >= 0.6 is 12.6 Å². The smallest absolute Gasteiger partial charge is 0.309 e.